The molecule has 6 aliphatic heterocycles. The summed E-state index contributed by atoms with van der Waals surface area (Å²) in [6.07, 6.45) is 2.47. The van der Waals surface area contributed by atoms with E-state index in [1.807, 2.05) is 20.8 Å². The van der Waals surface area contributed by atoms with Crippen molar-refractivity contribution in [2.24, 2.45) is 5.73 Å². The number of benzene rings is 3. The molecular formula is C59H68FN7O18. The monoisotopic (exact) mass is 1180 g/mol. The molecule has 3 unspecified atom stereocenters. The number of esters is 2. The second-order valence-corrected chi connectivity index (χ2v) is 22.0. The maximum Gasteiger partial charge on any atom is 0.307 e. The molecule has 3 fully saturated rings. The first-order valence-corrected chi connectivity index (χ1v) is 27.0. The summed E-state index contributed by atoms with van der Waals surface area (Å²) in [4.78, 5) is 181. The molecule has 0 aromatic heterocycles. The third kappa shape index (κ3) is 16.1. The number of ether oxygens (including phenoxy) is 2. The van der Waals surface area contributed by atoms with Crippen molar-refractivity contribution in [1.82, 2.24) is 30.7 Å². The van der Waals surface area contributed by atoms with Gasteiger partial charge in [0.1, 0.15) is 35.1 Å². The summed E-state index contributed by atoms with van der Waals surface area (Å²) in [6.45, 7) is 11.2. The molecule has 85 heavy (non-hydrogen) atoms. The van der Waals surface area contributed by atoms with E-state index in [1.54, 1.807) is 51.1 Å². The Labute approximate surface area is 487 Å². The van der Waals surface area contributed by atoms with Gasteiger partial charge in [0.2, 0.25) is 35.4 Å². The van der Waals surface area contributed by atoms with E-state index in [9.17, 15) is 76.3 Å². The van der Waals surface area contributed by atoms with Gasteiger partial charge in [-0.25, -0.2) is 4.39 Å². The van der Waals surface area contributed by atoms with E-state index < -0.39 is 106 Å². The van der Waals surface area contributed by atoms with Crippen molar-refractivity contribution in [3.05, 3.63) is 105 Å². The van der Waals surface area contributed by atoms with E-state index in [2.05, 4.69) is 16.0 Å². The molecule has 3 atom stereocenters. The van der Waals surface area contributed by atoms with Gasteiger partial charge in [-0.3, -0.25) is 103 Å². The van der Waals surface area contributed by atoms with E-state index in [-0.39, 0.29) is 110 Å². The van der Waals surface area contributed by atoms with Crippen molar-refractivity contribution in [2.75, 3.05) is 6.54 Å². The molecular weight excluding hydrogens is 1110 g/mol. The van der Waals surface area contributed by atoms with Crippen LogP contribution in [0.2, 0.25) is 0 Å². The molecule has 6 aliphatic rings. The number of nitrogens with zero attached hydrogens (tertiary/aromatic N) is 3. The predicted octanol–water partition coefficient (Wildman–Crippen LogP) is 3.79. The van der Waals surface area contributed by atoms with Crippen molar-refractivity contribution >= 4 is 88.8 Å². The molecule has 6 heterocycles. The third-order valence-electron chi connectivity index (χ3n) is 13.4. The molecule has 0 spiro atoms. The van der Waals surface area contributed by atoms with Gasteiger partial charge in [0.25, 0.3) is 35.4 Å². The summed E-state index contributed by atoms with van der Waals surface area (Å²) in [7, 11) is 0. The molecule has 0 radical (unpaired) electrons. The van der Waals surface area contributed by atoms with Crippen LogP contribution in [0, 0.1) is 5.82 Å². The molecule has 9 rings (SSSR count). The first kappa shape index (κ1) is 66.6. The molecule has 26 heteroatoms. The zero-order valence-corrected chi connectivity index (χ0v) is 47.0. The smallest absolute Gasteiger partial charge is 0.307 e. The summed E-state index contributed by atoms with van der Waals surface area (Å²) in [5, 5.41) is 15.1. The van der Waals surface area contributed by atoms with E-state index in [0.29, 0.717) is 49.8 Å². The van der Waals surface area contributed by atoms with E-state index in [0.717, 1.165) is 20.8 Å². The van der Waals surface area contributed by atoms with Crippen molar-refractivity contribution < 1.29 is 90.9 Å². The van der Waals surface area contributed by atoms with Crippen LogP contribution in [0.25, 0.3) is 0 Å². The number of piperidine rings is 3. The minimum Gasteiger partial charge on any atom is -0.481 e. The summed E-state index contributed by atoms with van der Waals surface area (Å²) in [5.41, 5.74) is 6.02. The van der Waals surface area contributed by atoms with Crippen molar-refractivity contribution in [1.29, 1.82) is 0 Å². The lowest BCUT2D eigenvalue weighted by molar-refractivity contribution is -0.155. The average molecular weight is 1180 g/mol. The molecule has 6 N–H and O–H groups in total. The normalized spacial score (nSPS) is 18.9. The minimum absolute atomic E-state index is 0. The van der Waals surface area contributed by atoms with Gasteiger partial charge in [-0.1, -0.05) is 37.8 Å². The molecule has 454 valence electrons. The number of halogens is 1. The highest BCUT2D eigenvalue weighted by Crippen LogP contribution is 2.33. The Bertz CT molecular complexity index is 3270. The molecule has 3 aromatic rings. The van der Waals surface area contributed by atoms with Gasteiger partial charge >= 0.3 is 17.9 Å². The highest BCUT2D eigenvalue weighted by molar-refractivity contribution is 6.26. The molecule has 0 bridgehead atoms. The number of carbonyl (C=O) groups is 15. The Hall–Kier alpha value is -9.20. The third-order valence-corrected chi connectivity index (χ3v) is 13.4. The lowest BCUT2D eigenvalue weighted by atomic mass is 9.98. The summed E-state index contributed by atoms with van der Waals surface area (Å²) < 4.78 is 23.9. The molecule has 0 aliphatic carbocycles. The number of nitrogens with two attached hydrogens (primary N) is 1. The van der Waals surface area contributed by atoms with Gasteiger partial charge in [-0.05, 0) is 122 Å². The summed E-state index contributed by atoms with van der Waals surface area (Å²) in [6, 6.07) is 10.5. The van der Waals surface area contributed by atoms with Gasteiger partial charge in [-0.15, -0.1) is 0 Å². The number of rotatable bonds is 13. The lowest BCUT2D eigenvalue weighted by Gasteiger charge is -2.27. The van der Waals surface area contributed by atoms with Gasteiger partial charge < -0.3 is 20.3 Å². The van der Waals surface area contributed by atoms with E-state index in [4.69, 9.17) is 20.3 Å². The second-order valence-electron chi connectivity index (χ2n) is 22.0. The predicted molar refractivity (Wildman–Crippen MR) is 295 cm³/mol. The van der Waals surface area contributed by atoms with E-state index >= 15 is 0 Å². The van der Waals surface area contributed by atoms with Crippen molar-refractivity contribution in [2.45, 2.75) is 162 Å². The van der Waals surface area contributed by atoms with Crippen LogP contribution in [0.15, 0.2) is 54.6 Å². The van der Waals surface area contributed by atoms with Crippen LogP contribution in [0.4, 0.5) is 4.39 Å². The fourth-order valence-electron chi connectivity index (χ4n) is 9.82. The van der Waals surface area contributed by atoms with Crippen LogP contribution in [0.5, 0.6) is 0 Å². The number of aliphatic carboxylic acids is 1. The summed E-state index contributed by atoms with van der Waals surface area (Å²) >= 11 is 0. The number of hydrogen-bond acceptors (Lipinski definition) is 18. The Morgan fingerprint density at radius 1 is 0.518 bits per heavy atom. The first-order chi connectivity index (χ1) is 39.4. The molecule has 0 saturated carbocycles. The SMILES string of the molecule is C.CC(C)(C)OC(=O)CCCc1cccc2c1C(=O)N(C1CCC(=O)NC1=O)C2=O.CC(C)(C)OC(=O)CCN.O=C(O)CCCc1cccc2c1C(=O)N(C1CCC(=O)NC1=O)C2=O.O=C1CCC(N2C(=O)c3cccc(F)c3C2=O)C(=O)N1. The zero-order valence-electron chi connectivity index (χ0n) is 47.0. The molecule has 3 aromatic carbocycles. The fraction of sp³-hybridized carbons (Fsp3) is 0.441. The molecule has 25 nitrogen and oxygen atoms in total. The van der Waals surface area contributed by atoms with Crippen LogP contribution in [0.3, 0.4) is 0 Å². The van der Waals surface area contributed by atoms with Crippen LogP contribution < -0.4 is 21.7 Å². The van der Waals surface area contributed by atoms with Crippen molar-refractivity contribution in [3.8, 4) is 0 Å². The number of carboxylic acid groups (broad SMARTS) is 1. The van der Waals surface area contributed by atoms with E-state index in [1.165, 1.54) is 18.2 Å². The number of amides is 12. The van der Waals surface area contributed by atoms with Crippen LogP contribution in [0.1, 0.15) is 193 Å². The topological polar surface area (TPSA) is 367 Å². The number of carbonyl (C=O) groups excluding carboxylic acids is 14. The summed E-state index contributed by atoms with van der Waals surface area (Å²) in [5.74, 6) is -9.31. The number of carboxylic acids is 1. The van der Waals surface area contributed by atoms with Gasteiger partial charge in [-0.2, -0.15) is 0 Å². The minimum atomic E-state index is -1.07. The Morgan fingerprint density at radius 2 is 0.847 bits per heavy atom. The number of imide groups is 6. The maximum absolute atomic E-state index is 13.7. The van der Waals surface area contributed by atoms with Crippen LogP contribution >= 0.6 is 0 Å². The van der Waals surface area contributed by atoms with Gasteiger partial charge in [0, 0.05) is 38.6 Å². The van der Waals surface area contributed by atoms with Gasteiger partial charge in [0.05, 0.1) is 39.8 Å². The first-order valence-electron chi connectivity index (χ1n) is 27.0. The van der Waals surface area contributed by atoms with Gasteiger partial charge in [0.15, 0.2) is 0 Å². The highest BCUT2D eigenvalue weighted by atomic mass is 19.1. The number of nitrogens with one attached hydrogen (secondary N) is 3. The zero-order chi connectivity index (χ0) is 62.1. The largest absolute Gasteiger partial charge is 0.481 e. The standard InChI is InChI=1S/C21H24N2O6.C17H16N2O6.C13H9FN2O4.C7H15NO2.CH4/c1-21(2,3)29-16(25)9-5-7-12-6-4-8-13-17(12)20(28)23(19(13)27)14-10-11-15(24)22-18(14)26;20-12-8-7-11(15(23)18-12)19-16(24)10-5-1-3-9(14(10)17(19)25)4-2-6-13(21)22;14-7-3-1-2-6-10(7)13(20)16(12(6)19)8-4-5-9(17)15-11(8)18;1-7(2,3)10-6(9)4-5-8;/h4,6,8,14H,5,7,9-11H2,1-3H3,(H,22,24,26);1,3,5,11H,2,4,6-8H2,(H,21,22)(H,18,20,23);1-3,8H,4-5H2,(H,15,17,18);4-5,8H2,1-3H3;1H4. The number of fused-ring (bicyclic) bond motifs is 3. The lowest BCUT2D eigenvalue weighted by Crippen LogP contribution is -2.54. The average Bonchev–Trinajstić information content (AvgIpc) is 2.74. The molecule has 12 amide bonds. The fourth-order valence-corrected chi connectivity index (χ4v) is 9.82. The quantitative estimate of drug-likeness (QED) is 0.120. The van der Waals surface area contributed by atoms with Crippen LogP contribution in [-0.4, -0.2) is 144 Å². The number of hydrogen-bond donors (Lipinski definition) is 5. The Balaban J connectivity index is 0.000000217. The molecule has 3 saturated heterocycles. The second kappa shape index (κ2) is 27.9. The van der Waals surface area contributed by atoms with Crippen LogP contribution in [-0.2, 0) is 65.5 Å². The van der Waals surface area contributed by atoms with Crippen molar-refractivity contribution in [3.63, 3.8) is 0 Å². The highest BCUT2D eigenvalue weighted by Gasteiger charge is 2.48. The maximum atomic E-state index is 13.7. The Kier molecular flexibility index (Phi) is 21.9. The Morgan fingerprint density at radius 3 is 1.18 bits per heavy atom. The number of aryl methyl sites for hydroxylation is 2.